The number of carbonyl (C=O) groups is 2. The molecule has 1 aromatic rings. The summed E-state index contributed by atoms with van der Waals surface area (Å²) < 4.78 is 64.3. The van der Waals surface area contributed by atoms with Gasteiger partial charge in [-0.25, -0.2) is 8.42 Å². The number of carbonyl (C=O) groups excluding carboxylic acids is 1. The van der Waals surface area contributed by atoms with E-state index in [2.05, 4.69) is 4.72 Å². The molecule has 0 spiro atoms. The van der Waals surface area contributed by atoms with E-state index in [-0.39, 0.29) is 16.3 Å². The Bertz CT molecular complexity index is 859. The first-order valence-electron chi connectivity index (χ1n) is 7.13. The van der Waals surface area contributed by atoms with Crippen molar-refractivity contribution < 1.29 is 36.3 Å². The van der Waals surface area contributed by atoms with Crippen LogP contribution in [0.4, 0.5) is 18.9 Å². The quantitative estimate of drug-likeness (QED) is 0.786. The van der Waals surface area contributed by atoms with Crippen molar-refractivity contribution in [3.05, 3.63) is 28.8 Å². The fraction of sp³-hybridized carbons (Fsp3) is 0.429. The molecule has 1 aromatic carbocycles. The van der Waals surface area contributed by atoms with Crippen LogP contribution in [0.15, 0.2) is 18.2 Å². The van der Waals surface area contributed by atoms with Crippen molar-refractivity contribution in [1.29, 1.82) is 0 Å². The molecule has 7 nitrogen and oxygen atoms in total. The first-order chi connectivity index (χ1) is 11.8. The summed E-state index contributed by atoms with van der Waals surface area (Å²) in [7, 11) is -3.70. The zero-order chi connectivity index (χ0) is 19.9. The van der Waals surface area contributed by atoms with Crippen molar-refractivity contribution >= 4 is 39.2 Å². The van der Waals surface area contributed by atoms with Crippen LogP contribution < -0.4 is 4.72 Å². The molecule has 0 bridgehead atoms. The van der Waals surface area contributed by atoms with Crippen LogP contribution in [0.25, 0.3) is 0 Å². The molecule has 12 heteroatoms. The molecular formula is C14H14ClF3N2O5S. The zero-order valence-corrected chi connectivity index (χ0v) is 14.9. The van der Waals surface area contributed by atoms with E-state index in [1.165, 1.54) is 12.1 Å². The van der Waals surface area contributed by atoms with Gasteiger partial charge in [-0.05, 0) is 24.6 Å². The van der Waals surface area contributed by atoms with Gasteiger partial charge in [0.25, 0.3) is 5.91 Å². The number of amides is 1. The van der Waals surface area contributed by atoms with Crippen LogP contribution in [-0.4, -0.2) is 55.8 Å². The maximum absolute atomic E-state index is 13.2. The first-order valence-corrected chi connectivity index (χ1v) is 9.40. The van der Waals surface area contributed by atoms with Crippen LogP contribution in [0, 0.1) is 5.41 Å². The number of hydrogen-bond acceptors (Lipinski definition) is 4. The van der Waals surface area contributed by atoms with E-state index in [9.17, 15) is 31.2 Å². The Morgan fingerprint density at radius 2 is 1.96 bits per heavy atom. The van der Waals surface area contributed by atoms with Crippen LogP contribution >= 0.6 is 11.6 Å². The standard InChI is InChI=1S/C14H14ClF3N2O5S/c1-26(24,25)19-10-6-8(2-3-9(10)15)11(21)20-5-4-13(7-20,12(22)23)14(16,17)18/h2-3,6,19H,4-5,7H2,1H3,(H,22,23). The number of carboxylic acids is 1. The highest BCUT2D eigenvalue weighted by Gasteiger charge is 2.64. The lowest BCUT2D eigenvalue weighted by Gasteiger charge is -2.27. The van der Waals surface area contributed by atoms with Gasteiger partial charge in [0.2, 0.25) is 10.0 Å². The monoisotopic (exact) mass is 414 g/mol. The SMILES string of the molecule is CS(=O)(=O)Nc1cc(C(=O)N2CCC(C(=O)O)(C(F)(F)F)C2)ccc1Cl. The number of hydrogen-bond donors (Lipinski definition) is 2. The van der Waals surface area contributed by atoms with Crippen molar-refractivity contribution in [2.45, 2.75) is 12.6 Å². The molecule has 1 saturated heterocycles. The molecule has 1 amide bonds. The predicted molar refractivity (Wildman–Crippen MR) is 86.6 cm³/mol. The zero-order valence-electron chi connectivity index (χ0n) is 13.3. The van der Waals surface area contributed by atoms with Gasteiger partial charge in [0.15, 0.2) is 5.41 Å². The third-order valence-electron chi connectivity index (χ3n) is 4.02. The van der Waals surface area contributed by atoms with E-state index in [0.717, 1.165) is 17.2 Å². The Labute approximate surface area is 151 Å². The summed E-state index contributed by atoms with van der Waals surface area (Å²) in [5.74, 6) is -2.90. The molecule has 1 aliphatic rings. The minimum atomic E-state index is -5.02. The molecule has 2 rings (SSSR count). The normalized spacial score (nSPS) is 20.9. The van der Waals surface area contributed by atoms with Crippen molar-refractivity contribution in [2.24, 2.45) is 5.41 Å². The highest BCUT2D eigenvalue weighted by molar-refractivity contribution is 7.92. The van der Waals surface area contributed by atoms with Crippen LogP contribution in [-0.2, 0) is 14.8 Å². The summed E-state index contributed by atoms with van der Waals surface area (Å²) in [6.45, 7) is -1.43. The van der Waals surface area contributed by atoms with Gasteiger partial charge in [0.05, 0.1) is 17.0 Å². The Morgan fingerprint density at radius 1 is 1.35 bits per heavy atom. The molecular weight excluding hydrogens is 401 g/mol. The summed E-state index contributed by atoms with van der Waals surface area (Å²) in [4.78, 5) is 24.4. The molecule has 1 aliphatic heterocycles. The van der Waals surface area contributed by atoms with Crippen molar-refractivity contribution in [3.63, 3.8) is 0 Å². The van der Waals surface area contributed by atoms with E-state index in [1.807, 2.05) is 0 Å². The predicted octanol–water partition coefficient (Wildman–Crippen LogP) is 2.19. The summed E-state index contributed by atoms with van der Waals surface area (Å²) in [5, 5.41) is 9.01. The lowest BCUT2D eigenvalue weighted by molar-refractivity contribution is -0.227. The molecule has 0 radical (unpaired) electrons. The average Bonchev–Trinajstić information content (AvgIpc) is 2.94. The van der Waals surface area contributed by atoms with E-state index in [1.54, 1.807) is 0 Å². The van der Waals surface area contributed by atoms with Crippen LogP contribution in [0.3, 0.4) is 0 Å². The third-order valence-corrected chi connectivity index (χ3v) is 4.94. The van der Waals surface area contributed by atoms with Gasteiger partial charge in [-0.15, -0.1) is 0 Å². The number of likely N-dealkylation sites (tertiary alicyclic amines) is 1. The smallest absolute Gasteiger partial charge is 0.406 e. The fourth-order valence-corrected chi connectivity index (χ4v) is 3.42. The van der Waals surface area contributed by atoms with Gasteiger partial charge < -0.3 is 10.0 Å². The summed E-state index contributed by atoms with van der Waals surface area (Å²) in [6.07, 6.45) is -4.92. The molecule has 144 valence electrons. The minimum Gasteiger partial charge on any atom is -0.481 e. The van der Waals surface area contributed by atoms with Crippen molar-refractivity contribution in [3.8, 4) is 0 Å². The molecule has 0 aliphatic carbocycles. The van der Waals surface area contributed by atoms with Crippen LogP contribution in [0.2, 0.25) is 5.02 Å². The highest BCUT2D eigenvalue weighted by Crippen LogP contribution is 2.46. The van der Waals surface area contributed by atoms with Gasteiger partial charge in [0.1, 0.15) is 0 Å². The molecule has 1 atom stereocenters. The Morgan fingerprint density at radius 3 is 2.42 bits per heavy atom. The number of aliphatic carboxylic acids is 1. The number of benzene rings is 1. The number of carboxylic acid groups (broad SMARTS) is 1. The number of rotatable bonds is 4. The molecule has 0 saturated carbocycles. The number of nitrogens with one attached hydrogen (secondary N) is 1. The topological polar surface area (TPSA) is 104 Å². The highest BCUT2D eigenvalue weighted by atomic mass is 35.5. The number of sulfonamides is 1. The lowest BCUT2D eigenvalue weighted by Crippen LogP contribution is -2.47. The summed E-state index contributed by atoms with van der Waals surface area (Å²) >= 11 is 5.84. The Balaban J connectivity index is 2.31. The van der Waals surface area contributed by atoms with Crippen molar-refractivity contribution in [1.82, 2.24) is 4.90 Å². The molecule has 1 fully saturated rings. The second kappa shape index (κ2) is 6.62. The second-order valence-corrected chi connectivity index (χ2v) is 8.09. The molecule has 1 unspecified atom stereocenters. The second-order valence-electron chi connectivity index (χ2n) is 5.93. The molecule has 1 heterocycles. The van der Waals surface area contributed by atoms with Gasteiger partial charge >= 0.3 is 12.1 Å². The van der Waals surface area contributed by atoms with E-state index < -0.39 is 53.0 Å². The van der Waals surface area contributed by atoms with Gasteiger partial charge in [-0.2, -0.15) is 13.2 Å². The Kier molecular flexibility index (Phi) is 5.17. The van der Waals surface area contributed by atoms with Gasteiger partial charge in [-0.1, -0.05) is 11.6 Å². The van der Waals surface area contributed by atoms with Gasteiger partial charge in [-0.3, -0.25) is 14.3 Å². The van der Waals surface area contributed by atoms with E-state index in [4.69, 9.17) is 16.7 Å². The Hall–Kier alpha value is -2.01. The lowest BCUT2D eigenvalue weighted by atomic mass is 9.86. The fourth-order valence-electron chi connectivity index (χ4n) is 2.63. The van der Waals surface area contributed by atoms with Crippen LogP contribution in [0.5, 0.6) is 0 Å². The summed E-state index contributed by atoms with van der Waals surface area (Å²) in [6, 6.07) is 3.51. The third kappa shape index (κ3) is 3.88. The maximum Gasteiger partial charge on any atom is 0.406 e. The van der Waals surface area contributed by atoms with Gasteiger partial charge in [0, 0.05) is 18.7 Å². The molecule has 2 N–H and O–H groups in total. The maximum atomic E-state index is 13.2. The molecule has 26 heavy (non-hydrogen) atoms. The van der Waals surface area contributed by atoms with E-state index >= 15 is 0 Å². The average molecular weight is 415 g/mol. The minimum absolute atomic E-state index is 0.0106. The number of anilines is 1. The largest absolute Gasteiger partial charge is 0.481 e. The number of halogens is 4. The van der Waals surface area contributed by atoms with Crippen LogP contribution in [0.1, 0.15) is 16.8 Å². The summed E-state index contributed by atoms with van der Waals surface area (Å²) in [5.41, 5.74) is -3.26. The first kappa shape index (κ1) is 20.3. The number of alkyl halides is 3. The van der Waals surface area contributed by atoms with E-state index in [0.29, 0.717) is 0 Å². The molecule has 0 aromatic heterocycles. The number of nitrogens with zero attached hydrogens (tertiary/aromatic N) is 1. The van der Waals surface area contributed by atoms with Crippen molar-refractivity contribution in [2.75, 3.05) is 24.1 Å².